The molecule has 1 rings (SSSR count). The van der Waals surface area contributed by atoms with Crippen LogP contribution in [0.2, 0.25) is 0 Å². The van der Waals surface area contributed by atoms with E-state index in [9.17, 15) is 9.59 Å². The van der Waals surface area contributed by atoms with Gasteiger partial charge in [-0.2, -0.15) is 0 Å². The van der Waals surface area contributed by atoms with Crippen molar-refractivity contribution in [2.45, 2.75) is 58.9 Å². The van der Waals surface area contributed by atoms with Gasteiger partial charge in [0.1, 0.15) is 0 Å². The van der Waals surface area contributed by atoms with E-state index in [1.807, 2.05) is 20.8 Å². The van der Waals surface area contributed by atoms with Crippen molar-refractivity contribution in [3.63, 3.8) is 0 Å². The van der Waals surface area contributed by atoms with Gasteiger partial charge in [0.25, 0.3) is 0 Å². The maximum absolute atomic E-state index is 12.2. The summed E-state index contributed by atoms with van der Waals surface area (Å²) in [6.45, 7) is 8.21. The van der Waals surface area contributed by atoms with Gasteiger partial charge in [-0.1, -0.05) is 18.3 Å². The first kappa shape index (κ1) is 20.2. The molecule has 5 nitrogen and oxygen atoms in total. The molecule has 0 N–H and O–H groups in total. The predicted molar refractivity (Wildman–Crippen MR) is 95.6 cm³/mol. The summed E-state index contributed by atoms with van der Waals surface area (Å²) in [5, 5.41) is 0. The summed E-state index contributed by atoms with van der Waals surface area (Å²) in [4.78, 5) is 30.4. The van der Waals surface area contributed by atoms with E-state index in [4.69, 9.17) is 4.74 Å². The fraction of sp³-hybridized carbons (Fsp3) is 0.611. The Bertz CT molecular complexity index is 580. The summed E-state index contributed by atoms with van der Waals surface area (Å²) >= 11 is 1.54. The molecule has 1 aromatic rings. The molecule has 0 saturated heterocycles. The highest BCUT2D eigenvalue weighted by Gasteiger charge is 2.31. The highest BCUT2D eigenvalue weighted by atomic mass is 32.1. The molecule has 1 amide bonds. The van der Waals surface area contributed by atoms with Crippen LogP contribution in [0.1, 0.15) is 58.3 Å². The van der Waals surface area contributed by atoms with E-state index in [0.717, 1.165) is 30.6 Å². The van der Waals surface area contributed by atoms with Crippen LogP contribution in [-0.2, 0) is 14.3 Å². The molecule has 1 aromatic heterocycles. The minimum atomic E-state index is -0.775. The Morgan fingerprint density at radius 3 is 2.62 bits per heavy atom. The topological polar surface area (TPSA) is 59.5 Å². The van der Waals surface area contributed by atoms with Gasteiger partial charge in [0.15, 0.2) is 0 Å². The fourth-order valence-corrected chi connectivity index (χ4v) is 2.62. The first-order valence-electron chi connectivity index (χ1n) is 8.22. The van der Waals surface area contributed by atoms with Gasteiger partial charge < -0.3 is 9.64 Å². The Morgan fingerprint density at radius 1 is 1.29 bits per heavy atom. The number of unbranched alkanes of at least 4 members (excludes halogenated alkanes) is 3. The van der Waals surface area contributed by atoms with E-state index >= 15 is 0 Å². The zero-order valence-corrected chi connectivity index (χ0v) is 15.7. The maximum Gasteiger partial charge on any atom is 0.397 e. The molecule has 132 valence electrons. The summed E-state index contributed by atoms with van der Waals surface area (Å²) in [5.41, 5.74) is 1.36. The lowest BCUT2D eigenvalue weighted by Crippen LogP contribution is -2.49. The Hall–Kier alpha value is -1.87. The van der Waals surface area contributed by atoms with E-state index in [-0.39, 0.29) is 6.61 Å². The summed E-state index contributed by atoms with van der Waals surface area (Å²) < 4.78 is 4.82. The second-order valence-corrected chi connectivity index (χ2v) is 7.21. The zero-order valence-electron chi connectivity index (χ0n) is 14.9. The number of carbonyl (C=O) groups is 2. The molecule has 1 heterocycles. The molecule has 0 unspecified atom stereocenters. The van der Waals surface area contributed by atoms with Crippen LogP contribution in [0.5, 0.6) is 0 Å². The molecule has 0 saturated carbocycles. The smallest absolute Gasteiger partial charge is 0.397 e. The number of hydrogen-bond donors (Lipinski definition) is 0. The molecule has 0 aliphatic heterocycles. The summed E-state index contributed by atoms with van der Waals surface area (Å²) in [6.07, 6.45) is 5.35. The largest absolute Gasteiger partial charge is 0.459 e. The first-order valence-corrected chi connectivity index (χ1v) is 9.10. The molecular weight excluding hydrogens is 324 g/mol. The number of rotatable bonds is 6. The molecule has 0 aliphatic rings. The Labute approximate surface area is 148 Å². The highest BCUT2D eigenvalue weighted by Crippen LogP contribution is 2.16. The number of esters is 1. The van der Waals surface area contributed by atoms with Crippen molar-refractivity contribution < 1.29 is 14.3 Å². The Balaban J connectivity index is 2.37. The maximum atomic E-state index is 12.2. The van der Waals surface area contributed by atoms with Crippen LogP contribution >= 0.6 is 11.3 Å². The second-order valence-electron chi connectivity index (χ2n) is 6.33. The molecule has 0 spiro atoms. The highest BCUT2D eigenvalue weighted by molar-refractivity contribution is 7.10. The van der Waals surface area contributed by atoms with Gasteiger partial charge in [0, 0.05) is 18.5 Å². The number of ether oxygens (including phenoxy) is 1. The first-order chi connectivity index (χ1) is 11.4. The molecule has 0 fully saturated rings. The minimum absolute atomic E-state index is 0.209. The normalized spacial score (nSPS) is 10.7. The zero-order chi connectivity index (χ0) is 18.0. The monoisotopic (exact) mass is 350 g/mol. The van der Waals surface area contributed by atoms with Crippen LogP contribution in [0.3, 0.4) is 0 Å². The quantitative estimate of drug-likeness (QED) is 0.342. The van der Waals surface area contributed by atoms with E-state index in [1.54, 1.807) is 23.5 Å². The van der Waals surface area contributed by atoms with Crippen molar-refractivity contribution in [2.75, 3.05) is 13.2 Å². The van der Waals surface area contributed by atoms with E-state index in [0.29, 0.717) is 6.54 Å². The lowest BCUT2D eigenvalue weighted by molar-refractivity contribution is -0.162. The molecular formula is C18H26N2O3S. The van der Waals surface area contributed by atoms with Crippen molar-refractivity contribution in [1.29, 1.82) is 0 Å². The average molecular weight is 350 g/mol. The molecule has 0 aromatic carbocycles. The van der Waals surface area contributed by atoms with Crippen molar-refractivity contribution in [1.82, 2.24) is 9.88 Å². The van der Waals surface area contributed by atoms with Crippen LogP contribution in [0, 0.1) is 11.8 Å². The van der Waals surface area contributed by atoms with Gasteiger partial charge in [0.05, 0.1) is 23.2 Å². The van der Waals surface area contributed by atoms with E-state index < -0.39 is 17.4 Å². The molecule has 0 bridgehead atoms. The number of thiazole rings is 1. The third kappa shape index (κ3) is 7.14. The van der Waals surface area contributed by atoms with Crippen molar-refractivity contribution in [3.8, 4) is 11.8 Å². The van der Waals surface area contributed by atoms with Gasteiger partial charge in [0.2, 0.25) is 0 Å². The van der Waals surface area contributed by atoms with Gasteiger partial charge in [-0.05, 0) is 40.5 Å². The molecule has 0 atom stereocenters. The number of aromatic nitrogens is 1. The standard InChI is InChI=1S/C18H26N2O3S/c1-5-23-17(22)16(21)20(18(2,3)4)12-10-8-6-7-9-11-15-13-19-14-24-15/h13-14H,5-8,10,12H2,1-4H3. The van der Waals surface area contributed by atoms with Crippen LogP contribution in [0.25, 0.3) is 0 Å². The molecule has 6 heteroatoms. The third-order valence-electron chi connectivity index (χ3n) is 3.33. The van der Waals surface area contributed by atoms with Crippen molar-refractivity contribution in [2.24, 2.45) is 0 Å². The SMILES string of the molecule is CCOC(=O)C(=O)N(CCCCCC#Cc1cncs1)C(C)(C)C. The average Bonchev–Trinajstić information content (AvgIpc) is 3.01. The summed E-state index contributed by atoms with van der Waals surface area (Å²) in [7, 11) is 0. The van der Waals surface area contributed by atoms with E-state index in [1.165, 1.54) is 11.3 Å². The van der Waals surface area contributed by atoms with Crippen molar-refractivity contribution >= 4 is 23.2 Å². The Morgan fingerprint density at radius 2 is 2.04 bits per heavy atom. The van der Waals surface area contributed by atoms with Crippen LogP contribution < -0.4 is 0 Å². The van der Waals surface area contributed by atoms with Crippen LogP contribution in [0.15, 0.2) is 11.7 Å². The molecule has 0 aliphatic carbocycles. The molecule has 24 heavy (non-hydrogen) atoms. The summed E-state index contributed by atoms with van der Waals surface area (Å²) in [6, 6.07) is 0. The minimum Gasteiger partial charge on any atom is -0.459 e. The van der Waals surface area contributed by atoms with Crippen LogP contribution in [0.4, 0.5) is 0 Å². The summed E-state index contributed by atoms with van der Waals surface area (Å²) in [5.74, 6) is 4.87. The lowest BCUT2D eigenvalue weighted by atomic mass is 10.0. The van der Waals surface area contributed by atoms with Crippen LogP contribution in [-0.4, -0.2) is 40.5 Å². The van der Waals surface area contributed by atoms with Gasteiger partial charge in [-0.3, -0.25) is 9.78 Å². The lowest BCUT2D eigenvalue weighted by Gasteiger charge is -2.34. The van der Waals surface area contributed by atoms with Crippen molar-refractivity contribution in [3.05, 3.63) is 16.6 Å². The van der Waals surface area contributed by atoms with Gasteiger partial charge in [-0.15, -0.1) is 11.3 Å². The number of carbonyl (C=O) groups excluding carboxylic acids is 2. The van der Waals surface area contributed by atoms with Gasteiger partial charge in [-0.25, -0.2) is 4.79 Å². The number of nitrogens with zero attached hydrogens (tertiary/aromatic N) is 2. The third-order valence-corrected chi connectivity index (χ3v) is 4.02. The fourth-order valence-electron chi connectivity index (χ4n) is 2.13. The predicted octanol–water partition coefficient (Wildman–Crippen LogP) is 3.25. The van der Waals surface area contributed by atoms with Gasteiger partial charge >= 0.3 is 11.9 Å². The Kier molecular flexibility index (Phi) is 8.48. The second kappa shape index (κ2) is 10.1. The van der Waals surface area contributed by atoms with E-state index in [2.05, 4.69) is 16.8 Å². The number of hydrogen-bond acceptors (Lipinski definition) is 5. The molecule has 0 radical (unpaired) electrons. The number of amides is 1.